The number of nitrogens with one attached hydrogen (secondary N) is 1. The summed E-state index contributed by atoms with van der Waals surface area (Å²) in [5.41, 5.74) is 4.93. The van der Waals surface area contributed by atoms with Crippen molar-refractivity contribution < 1.29 is 9.53 Å². The number of aromatic nitrogens is 2. The molecule has 0 fully saturated rings. The van der Waals surface area contributed by atoms with Crippen LogP contribution in [0.2, 0.25) is 0 Å². The molecule has 0 amide bonds. The number of H-pyrrole nitrogens is 1. The zero-order valence-corrected chi connectivity index (χ0v) is 15.7. The standard InChI is InChI=1S/C18H23BrN2O2/c1-5-23-17(22)16-14(19)15-13(21-16)9-10-8-11(18(2,3)4)6-7-12(10)20-15/h9,11,21H,5-8H2,1-4H3. The Morgan fingerprint density at radius 3 is 2.87 bits per heavy atom. The average Bonchev–Trinajstić information content (AvgIpc) is 2.80. The predicted octanol–water partition coefficient (Wildman–Crippen LogP) is 4.65. The fourth-order valence-electron chi connectivity index (χ4n) is 3.32. The minimum absolute atomic E-state index is 0.305. The molecule has 0 spiro atoms. The normalized spacial score (nSPS) is 18.0. The summed E-state index contributed by atoms with van der Waals surface area (Å²) in [5, 5.41) is 0. The second-order valence-electron chi connectivity index (χ2n) is 7.33. The van der Waals surface area contributed by atoms with E-state index in [1.54, 1.807) is 6.92 Å². The van der Waals surface area contributed by atoms with E-state index in [1.165, 1.54) is 12.0 Å². The van der Waals surface area contributed by atoms with Gasteiger partial charge < -0.3 is 9.72 Å². The summed E-state index contributed by atoms with van der Waals surface area (Å²) in [5.74, 6) is 0.320. The second-order valence-corrected chi connectivity index (χ2v) is 8.12. The van der Waals surface area contributed by atoms with Crippen LogP contribution in [-0.4, -0.2) is 22.5 Å². The first kappa shape index (κ1) is 16.5. The Morgan fingerprint density at radius 1 is 1.48 bits per heavy atom. The van der Waals surface area contributed by atoms with Gasteiger partial charge in [0, 0.05) is 5.69 Å². The molecule has 2 aromatic rings. The maximum atomic E-state index is 12.0. The average molecular weight is 379 g/mol. The van der Waals surface area contributed by atoms with Crippen molar-refractivity contribution in [3.63, 3.8) is 0 Å². The minimum Gasteiger partial charge on any atom is -0.461 e. The Bertz CT molecular complexity index is 758. The Kier molecular flexibility index (Phi) is 4.25. The minimum atomic E-state index is -0.345. The van der Waals surface area contributed by atoms with E-state index < -0.39 is 0 Å². The molecule has 3 rings (SSSR count). The van der Waals surface area contributed by atoms with Gasteiger partial charge in [-0.3, -0.25) is 0 Å². The number of carbonyl (C=O) groups is 1. The lowest BCUT2D eigenvalue weighted by Gasteiger charge is -2.34. The molecule has 2 heterocycles. The molecule has 0 bridgehead atoms. The number of hydrogen-bond acceptors (Lipinski definition) is 3. The van der Waals surface area contributed by atoms with Crippen LogP contribution in [0.25, 0.3) is 11.0 Å². The predicted molar refractivity (Wildman–Crippen MR) is 94.7 cm³/mol. The van der Waals surface area contributed by atoms with E-state index >= 15 is 0 Å². The van der Waals surface area contributed by atoms with Gasteiger partial charge in [-0.25, -0.2) is 9.78 Å². The number of aromatic amines is 1. The van der Waals surface area contributed by atoms with E-state index in [1.807, 2.05) is 0 Å². The van der Waals surface area contributed by atoms with Crippen molar-refractivity contribution in [1.82, 2.24) is 9.97 Å². The molecule has 1 aliphatic rings. The van der Waals surface area contributed by atoms with E-state index in [0.717, 1.165) is 29.6 Å². The molecule has 0 saturated carbocycles. The lowest BCUT2D eigenvalue weighted by Crippen LogP contribution is -2.27. The van der Waals surface area contributed by atoms with Gasteiger partial charge >= 0.3 is 5.97 Å². The number of fused-ring (bicyclic) bond motifs is 2. The van der Waals surface area contributed by atoms with Crippen molar-refractivity contribution in [2.75, 3.05) is 6.61 Å². The molecular weight excluding hydrogens is 356 g/mol. The fourth-order valence-corrected chi connectivity index (χ4v) is 3.88. The molecule has 0 saturated heterocycles. The maximum Gasteiger partial charge on any atom is 0.356 e. The van der Waals surface area contributed by atoms with Gasteiger partial charge in [-0.2, -0.15) is 0 Å². The topological polar surface area (TPSA) is 55.0 Å². The van der Waals surface area contributed by atoms with Crippen molar-refractivity contribution >= 4 is 32.9 Å². The number of esters is 1. The fraction of sp³-hybridized carbons (Fsp3) is 0.556. The SMILES string of the molecule is CCOC(=O)c1[nH]c2cc3c(nc2c1Br)CCC(C(C)(C)C)C3. The Labute approximate surface area is 145 Å². The first-order valence-corrected chi connectivity index (χ1v) is 8.97. The van der Waals surface area contributed by atoms with Crippen LogP contribution in [0.1, 0.15) is 55.9 Å². The third kappa shape index (κ3) is 3.03. The molecule has 0 radical (unpaired) electrons. The maximum absolute atomic E-state index is 12.0. The molecule has 1 N–H and O–H groups in total. The van der Waals surface area contributed by atoms with Crippen LogP contribution in [0.15, 0.2) is 10.5 Å². The van der Waals surface area contributed by atoms with E-state index in [4.69, 9.17) is 9.72 Å². The Hall–Kier alpha value is -1.36. The Balaban J connectivity index is 2.02. The number of nitrogens with zero attached hydrogens (tertiary/aromatic N) is 1. The summed E-state index contributed by atoms with van der Waals surface area (Å²) < 4.78 is 5.80. The first-order chi connectivity index (χ1) is 10.8. The molecular formula is C18H23BrN2O2. The number of halogens is 1. The van der Waals surface area contributed by atoms with Gasteiger partial charge in [-0.05, 0) is 65.1 Å². The zero-order chi connectivity index (χ0) is 16.8. The van der Waals surface area contributed by atoms with Crippen molar-refractivity contribution in [3.8, 4) is 0 Å². The number of aryl methyl sites for hydroxylation is 1. The van der Waals surface area contributed by atoms with Gasteiger partial charge in [-0.15, -0.1) is 0 Å². The number of carbonyl (C=O) groups excluding carboxylic acids is 1. The van der Waals surface area contributed by atoms with Gasteiger partial charge in [0.15, 0.2) is 0 Å². The molecule has 5 heteroatoms. The Morgan fingerprint density at radius 2 is 2.22 bits per heavy atom. The molecule has 1 unspecified atom stereocenters. The molecule has 0 aliphatic heterocycles. The molecule has 124 valence electrons. The summed E-state index contributed by atoms with van der Waals surface area (Å²) in [6.45, 7) is 9.08. The molecule has 23 heavy (non-hydrogen) atoms. The largest absolute Gasteiger partial charge is 0.461 e. The third-order valence-corrected chi connectivity index (χ3v) is 5.55. The highest BCUT2D eigenvalue weighted by molar-refractivity contribution is 9.10. The van der Waals surface area contributed by atoms with Gasteiger partial charge in [0.1, 0.15) is 11.2 Å². The van der Waals surface area contributed by atoms with E-state index in [2.05, 4.69) is 47.8 Å². The number of pyridine rings is 1. The number of hydrogen-bond donors (Lipinski definition) is 1. The summed E-state index contributed by atoms with van der Waals surface area (Å²) >= 11 is 3.50. The summed E-state index contributed by atoms with van der Waals surface area (Å²) in [6, 6.07) is 2.16. The first-order valence-electron chi connectivity index (χ1n) is 8.18. The smallest absolute Gasteiger partial charge is 0.356 e. The molecule has 2 aromatic heterocycles. The van der Waals surface area contributed by atoms with Crippen molar-refractivity contribution in [1.29, 1.82) is 0 Å². The number of ether oxygens (including phenoxy) is 1. The highest BCUT2D eigenvalue weighted by Gasteiger charge is 2.30. The second kappa shape index (κ2) is 5.93. The summed E-state index contributed by atoms with van der Waals surface area (Å²) in [6.07, 6.45) is 3.22. The molecule has 1 atom stereocenters. The van der Waals surface area contributed by atoms with Crippen LogP contribution in [-0.2, 0) is 17.6 Å². The lowest BCUT2D eigenvalue weighted by molar-refractivity contribution is 0.0519. The van der Waals surface area contributed by atoms with Crippen LogP contribution in [0.4, 0.5) is 0 Å². The summed E-state index contributed by atoms with van der Waals surface area (Å²) in [4.78, 5) is 20.0. The third-order valence-electron chi connectivity index (χ3n) is 4.78. The monoisotopic (exact) mass is 378 g/mol. The van der Waals surface area contributed by atoms with E-state index in [0.29, 0.717) is 28.1 Å². The quantitative estimate of drug-likeness (QED) is 0.773. The van der Waals surface area contributed by atoms with Crippen LogP contribution < -0.4 is 0 Å². The zero-order valence-electron chi connectivity index (χ0n) is 14.1. The number of rotatable bonds is 2. The molecule has 1 aliphatic carbocycles. The molecule has 0 aromatic carbocycles. The highest BCUT2D eigenvalue weighted by Crippen LogP contribution is 2.38. The lowest BCUT2D eigenvalue weighted by atomic mass is 9.71. The van der Waals surface area contributed by atoms with Crippen molar-refractivity contribution in [2.45, 2.75) is 47.0 Å². The van der Waals surface area contributed by atoms with Crippen LogP contribution >= 0.6 is 15.9 Å². The van der Waals surface area contributed by atoms with Crippen LogP contribution in [0.3, 0.4) is 0 Å². The summed E-state index contributed by atoms with van der Waals surface area (Å²) in [7, 11) is 0. The molecule has 4 nitrogen and oxygen atoms in total. The van der Waals surface area contributed by atoms with Crippen LogP contribution in [0.5, 0.6) is 0 Å². The highest BCUT2D eigenvalue weighted by atomic mass is 79.9. The van der Waals surface area contributed by atoms with E-state index in [9.17, 15) is 4.79 Å². The van der Waals surface area contributed by atoms with Gasteiger partial charge in [0.25, 0.3) is 0 Å². The van der Waals surface area contributed by atoms with Crippen molar-refractivity contribution in [3.05, 3.63) is 27.5 Å². The van der Waals surface area contributed by atoms with Crippen molar-refractivity contribution in [2.24, 2.45) is 11.3 Å². The van der Waals surface area contributed by atoms with Gasteiger partial charge in [0.2, 0.25) is 0 Å². The van der Waals surface area contributed by atoms with Gasteiger partial charge in [0.05, 0.1) is 16.6 Å². The van der Waals surface area contributed by atoms with Gasteiger partial charge in [-0.1, -0.05) is 20.8 Å². The van der Waals surface area contributed by atoms with Crippen LogP contribution in [0, 0.1) is 11.3 Å². The van der Waals surface area contributed by atoms with E-state index in [-0.39, 0.29) is 5.97 Å².